The molecule has 0 aromatic heterocycles. The molecule has 0 aliphatic carbocycles. The number of nitrogens with one attached hydrogen (secondary N) is 1. The van der Waals surface area contributed by atoms with Crippen molar-refractivity contribution in [2.24, 2.45) is 0 Å². The van der Waals surface area contributed by atoms with E-state index in [1.54, 1.807) is 7.05 Å². The summed E-state index contributed by atoms with van der Waals surface area (Å²) in [6, 6.07) is 0. The van der Waals surface area contributed by atoms with Gasteiger partial charge in [-0.3, -0.25) is 9.69 Å². The molecule has 6 heteroatoms. The zero-order valence-corrected chi connectivity index (χ0v) is 11.7. The fraction of sp³-hybridized carbons (Fsp3) is 0.833. The number of carbonyl (C=O) groups is 2. The van der Waals surface area contributed by atoms with Gasteiger partial charge in [-0.25, -0.2) is 4.79 Å². The minimum Gasteiger partial charge on any atom is -0.444 e. The van der Waals surface area contributed by atoms with Gasteiger partial charge >= 0.3 is 6.09 Å². The number of ether oxygens (including phenoxy) is 1. The van der Waals surface area contributed by atoms with Gasteiger partial charge in [-0.2, -0.15) is 0 Å². The van der Waals surface area contributed by atoms with Crippen molar-refractivity contribution in [3.8, 4) is 0 Å². The number of hydrogen-bond donors (Lipinski definition) is 1. The first-order valence-electron chi connectivity index (χ1n) is 6.21. The quantitative estimate of drug-likeness (QED) is 0.789. The van der Waals surface area contributed by atoms with Crippen LogP contribution in [0.5, 0.6) is 0 Å². The predicted molar refractivity (Wildman–Crippen MR) is 68.3 cm³/mol. The predicted octanol–water partition coefficient (Wildman–Crippen LogP) is 0.285. The van der Waals surface area contributed by atoms with E-state index in [1.807, 2.05) is 25.7 Å². The van der Waals surface area contributed by atoms with Crippen LogP contribution in [0.4, 0.5) is 4.79 Å². The Labute approximate surface area is 108 Å². The van der Waals surface area contributed by atoms with E-state index in [-0.39, 0.29) is 12.0 Å². The van der Waals surface area contributed by atoms with Crippen LogP contribution in [-0.4, -0.2) is 67.2 Å². The molecule has 0 aromatic carbocycles. The number of piperazine rings is 1. The lowest BCUT2D eigenvalue weighted by Gasteiger charge is -2.29. The summed E-state index contributed by atoms with van der Waals surface area (Å²) in [5, 5.41) is 2.77. The average Bonchev–Trinajstić information content (AvgIpc) is 2.23. The summed E-state index contributed by atoms with van der Waals surface area (Å²) >= 11 is 0. The molecule has 2 amide bonds. The highest BCUT2D eigenvalue weighted by Crippen LogP contribution is 2.09. The van der Waals surface area contributed by atoms with E-state index in [0.29, 0.717) is 26.2 Å². The molecule has 0 unspecified atom stereocenters. The van der Waals surface area contributed by atoms with Crippen molar-refractivity contribution < 1.29 is 14.3 Å². The van der Waals surface area contributed by atoms with E-state index in [1.165, 1.54) is 4.90 Å². The van der Waals surface area contributed by atoms with Crippen molar-refractivity contribution in [2.75, 3.05) is 39.8 Å². The highest BCUT2D eigenvalue weighted by molar-refractivity contribution is 5.78. The maximum atomic E-state index is 11.7. The van der Waals surface area contributed by atoms with Crippen molar-refractivity contribution >= 4 is 12.0 Å². The minimum absolute atomic E-state index is 0.0428. The van der Waals surface area contributed by atoms with Crippen LogP contribution in [0, 0.1) is 0 Å². The van der Waals surface area contributed by atoms with Gasteiger partial charge in [0.2, 0.25) is 5.91 Å². The number of carbonyl (C=O) groups excluding carboxylic acids is 2. The van der Waals surface area contributed by atoms with E-state index >= 15 is 0 Å². The highest BCUT2D eigenvalue weighted by atomic mass is 16.6. The molecule has 0 bridgehead atoms. The van der Waals surface area contributed by atoms with Gasteiger partial charge in [-0.1, -0.05) is 0 Å². The highest BCUT2D eigenvalue weighted by Gasteiger charge is 2.21. The SMILES string of the molecule is CN(CCN1CCNC(=O)C1)C(=O)OC(C)(C)C. The number of hydrogen-bond acceptors (Lipinski definition) is 4. The summed E-state index contributed by atoms with van der Waals surface area (Å²) < 4.78 is 5.25. The molecule has 1 N–H and O–H groups in total. The van der Waals surface area contributed by atoms with Gasteiger partial charge < -0.3 is 15.0 Å². The Morgan fingerprint density at radius 2 is 2.17 bits per heavy atom. The molecule has 1 heterocycles. The molecule has 0 saturated carbocycles. The van der Waals surface area contributed by atoms with Crippen LogP contribution >= 0.6 is 0 Å². The lowest BCUT2D eigenvalue weighted by atomic mass is 10.2. The second kappa shape index (κ2) is 6.04. The third-order valence-electron chi connectivity index (χ3n) is 2.57. The molecular formula is C12H23N3O3. The Balaban J connectivity index is 2.29. The normalized spacial score (nSPS) is 17.2. The summed E-state index contributed by atoms with van der Waals surface area (Å²) in [4.78, 5) is 26.5. The third-order valence-corrected chi connectivity index (χ3v) is 2.57. The second-order valence-electron chi connectivity index (χ2n) is 5.53. The van der Waals surface area contributed by atoms with E-state index < -0.39 is 5.60 Å². The molecule has 1 fully saturated rings. The van der Waals surface area contributed by atoms with Crippen molar-refractivity contribution in [3.05, 3.63) is 0 Å². The number of nitrogens with zero attached hydrogens (tertiary/aromatic N) is 2. The van der Waals surface area contributed by atoms with Crippen LogP contribution in [0.1, 0.15) is 20.8 Å². The molecule has 1 aliphatic heterocycles. The zero-order valence-electron chi connectivity index (χ0n) is 11.7. The van der Waals surface area contributed by atoms with Crippen LogP contribution in [0.2, 0.25) is 0 Å². The fourth-order valence-electron chi connectivity index (χ4n) is 1.60. The van der Waals surface area contributed by atoms with Gasteiger partial charge in [-0.15, -0.1) is 0 Å². The molecule has 1 aliphatic rings. The van der Waals surface area contributed by atoms with Crippen molar-refractivity contribution in [1.82, 2.24) is 15.1 Å². The third kappa shape index (κ3) is 5.35. The standard InChI is InChI=1S/C12H23N3O3/c1-12(2,3)18-11(17)14(4)7-8-15-6-5-13-10(16)9-15/h5-9H2,1-4H3,(H,13,16). The smallest absolute Gasteiger partial charge is 0.410 e. The lowest BCUT2D eigenvalue weighted by molar-refractivity contribution is -0.124. The van der Waals surface area contributed by atoms with Crippen molar-refractivity contribution in [1.29, 1.82) is 0 Å². The van der Waals surface area contributed by atoms with Gasteiger partial charge in [0.15, 0.2) is 0 Å². The van der Waals surface area contributed by atoms with Gasteiger partial charge in [0.25, 0.3) is 0 Å². The molecule has 0 radical (unpaired) electrons. The van der Waals surface area contributed by atoms with Crippen molar-refractivity contribution in [3.63, 3.8) is 0 Å². The zero-order chi connectivity index (χ0) is 13.8. The molecule has 0 atom stereocenters. The Bertz CT molecular complexity index is 312. The van der Waals surface area contributed by atoms with Gasteiger partial charge in [0, 0.05) is 33.2 Å². The first-order valence-corrected chi connectivity index (χ1v) is 6.21. The summed E-state index contributed by atoms with van der Waals surface area (Å²) in [7, 11) is 1.71. The number of rotatable bonds is 3. The monoisotopic (exact) mass is 257 g/mol. The second-order valence-corrected chi connectivity index (χ2v) is 5.53. The van der Waals surface area contributed by atoms with Crippen molar-refractivity contribution in [2.45, 2.75) is 26.4 Å². The fourth-order valence-corrected chi connectivity index (χ4v) is 1.60. The first-order chi connectivity index (χ1) is 8.28. The minimum atomic E-state index is -0.476. The molecule has 1 saturated heterocycles. The van der Waals surface area contributed by atoms with Crippen LogP contribution in [0.15, 0.2) is 0 Å². The summed E-state index contributed by atoms with van der Waals surface area (Å²) in [6.45, 7) is 8.67. The Hall–Kier alpha value is -1.30. The van der Waals surface area contributed by atoms with E-state index in [0.717, 1.165) is 6.54 Å². The Kier molecular flexibility index (Phi) is 4.95. The topological polar surface area (TPSA) is 61.9 Å². The van der Waals surface area contributed by atoms with E-state index in [2.05, 4.69) is 5.32 Å². The van der Waals surface area contributed by atoms with E-state index in [4.69, 9.17) is 4.74 Å². The molecule has 1 rings (SSSR count). The Morgan fingerprint density at radius 3 is 2.72 bits per heavy atom. The Morgan fingerprint density at radius 1 is 1.50 bits per heavy atom. The van der Waals surface area contributed by atoms with Crippen LogP contribution < -0.4 is 5.32 Å². The lowest BCUT2D eigenvalue weighted by Crippen LogP contribution is -2.49. The van der Waals surface area contributed by atoms with Crippen LogP contribution in [-0.2, 0) is 9.53 Å². The molecule has 0 spiro atoms. The average molecular weight is 257 g/mol. The maximum Gasteiger partial charge on any atom is 0.410 e. The first kappa shape index (κ1) is 14.8. The van der Waals surface area contributed by atoms with Crippen LogP contribution in [0.3, 0.4) is 0 Å². The molecule has 104 valence electrons. The largest absolute Gasteiger partial charge is 0.444 e. The molecule has 6 nitrogen and oxygen atoms in total. The van der Waals surface area contributed by atoms with Gasteiger partial charge in [0.1, 0.15) is 5.60 Å². The van der Waals surface area contributed by atoms with Gasteiger partial charge in [0.05, 0.1) is 6.54 Å². The number of likely N-dealkylation sites (N-methyl/N-ethyl adjacent to an activating group) is 1. The molecular weight excluding hydrogens is 234 g/mol. The molecule has 0 aromatic rings. The summed E-state index contributed by atoms with van der Waals surface area (Å²) in [6.07, 6.45) is -0.330. The van der Waals surface area contributed by atoms with Crippen LogP contribution in [0.25, 0.3) is 0 Å². The maximum absolute atomic E-state index is 11.7. The molecule has 18 heavy (non-hydrogen) atoms. The van der Waals surface area contributed by atoms with E-state index in [9.17, 15) is 9.59 Å². The number of amides is 2. The summed E-state index contributed by atoms with van der Waals surface area (Å²) in [5.41, 5.74) is -0.476. The summed E-state index contributed by atoms with van der Waals surface area (Å²) in [5.74, 6) is 0.0428. The van der Waals surface area contributed by atoms with Gasteiger partial charge in [-0.05, 0) is 20.8 Å².